The summed E-state index contributed by atoms with van der Waals surface area (Å²) in [6.45, 7) is 29.0. The molecule has 0 saturated heterocycles. The minimum Gasteiger partial charge on any atom is -0.481 e. The third-order valence-electron chi connectivity index (χ3n) is 18.5. The zero-order valence-corrected chi connectivity index (χ0v) is 36.3. The van der Waals surface area contributed by atoms with E-state index in [1.54, 1.807) is 13.8 Å². The van der Waals surface area contributed by atoms with Crippen LogP contribution in [0.15, 0.2) is 12.2 Å². The number of fused-ring (bicyclic) bond motifs is 7. The molecule has 310 valence electrons. The highest BCUT2D eigenvalue weighted by Crippen LogP contribution is 2.77. The van der Waals surface area contributed by atoms with Crippen LogP contribution in [-0.4, -0.2) is 47.7 Å². The lowest BCUT2D eigenvalue weighted by atomic mass is 9.32. The number of carbonyl (C=O) groups is 4. The lowest BCUT2D eigenvalue weighted by molar-refractivity contribution is -0.249. The van der Waals surface area contributed by atoms with Crippen molar-refractivity contribution in [1.82, 2.24) is 5.32 Å². The van der Waals surface area contributed by atoms with E-state index in [9.17, 15) is 24.3 Å². The molecule has 0 aromatic rings. The van der Waals surface area contributed by atoms with Gasteiger partial charge < -0.3 is 19.9 Å². The zero-order chi connectivity index (χ0) is 40.7. The summed E-state index contributed by atoms with van der Waals surface area (Å²) in [5.41, 5.74) is -0.661. The van der Waals surface area contributed by atoms with Crippen molar-refractivity contribution in [3.05, 3.63) is 12.2 Å². The number of ether oxygens (including phenoxy) is 2. The van der Waals surface area contributed by atoms with Crippen LogP contribution in [0.25, 0.3) is 0 Å². The van der Waals surface area contributed by atoms with Crippen molar-refractivity contribution in [2.24, 2.45) is 73.4 Å². The summed E-state index contributed by atoms with van der Waals surface area (Å²) in [4.78, 5) is 52.8. The molecule has 6 aliphatic rings. The van der Waals surface area contributed by atoms with E-state index in [1.807, 2.05) is 0 Å². The molecule has 0 aliphatic heterocycles. The van der Waals surface area contributed by atoms with Gasteiger partial charge in [0, 0.05) is 11.5 Å². The lowest BCUT2D eigenvalue weighted by Crippen LogP contribution is -2.68. The number of carboxylic acids is 1. The number of carboxylic acid groups (broad SMARTS) is 1. The summed E-state index contributed by atoms with van der Waals surface area (Å²) >= 11 is 0. The molecule has 0 aromatic carbocycles. The second kappa shape index (κ2) is 14.2. The summed E-state index contributed by atoms with van der Waals surface area (Å²) in [6.07, 6.45) is 12.3. The van der Waals surface area contributed by atoms with Gasteiger partial charge in [0.2, 0.25) is 5.91 Å². The fraction of sp³-hybridized carbons (Fsp3) is 0.872. The molecule has 0 spiro atoms. The number of esters is 2. The Hall–Kier alpha value is -2.38. The van der Waals surface area contributed by atoms with Crippen LogP contribution in [0, 0.1) is 73.4 Å². The zero-order valence-electron chi connectivity index (χ0n) is 36.3. The van der Waals surface area contributed by atoms with Crippen molar-refractivity contribution in [2.45, 2.75) is 178 Å². The van der Waals surface area contributed by atoms with Gasteiger partial charge in [-0.15, -0.1) is 0 Å². The highest BCUT2D eigenvalue weighted by molar-refractivity contribution is 5.85. The number of hydrogen-bond acceptors (Lipinski definition) is 6. The van der Waals surface area contributed by atoms with E-state index in [4.69, 9.17) is 9.47 Å². The van der Waals surface area contributed by atoms with Gasteiger partial charge >= 0.3 is 17.9 Å². The monoisotopic (exact) mass is 766 g/mol. The average molecular weight is 766 g/mol. The maximum absolute atomic E-state index is 14.9. The minimum absolute atomic E-state index is 0.0409. The molecule has 8 heteroatoms. The molecule has 8 nitrogen and oxygen atoms in total. The number of allylic oxidation sites excluding steroid dienone is 1. The smallest absolute Gasteiger partial charge is 0.309 e. The Balaban J connectivity index is 1.22. The van der Waals surface area contributed by atoms with Crippen molar-refractivity contribution in [3.8, 4) is 0 Å². The van der Waals surface area contributed by atoms with E-state index in [1.165, 1.54) is 5.57 Å². The summed E-state index contributed by atoms with van der Waals surface area (Å²) in [5, 5.41) is 13.2. The van der Waals surface area contributed by atoms with Crippen molar-refractivity contribution in [1.29, 1.82) is 0 Å². The average Bonchev–Trinajstić information content (AvgIpc) is 3.49. The highest BCUT2D eigenvalue weighted by Gasteiger charge is 2.72. The van der Waals surface area contributed by atoms with E-state index in [0.29, 0.717) is 36.7 Å². The molecule has 55 heavy (non-hydrogen) atoms. The first-order chi connectivity index (χ1) is 25.4. The second-order valence-corrected chi connectivity index (χ2v) is 22.2. The maximum atomic E-state index is 14.9. The Morgan fingerprint density at radius 2 is 1.53 bits per heavy atom. The van der Waals surface area contributed by atoms with Gasteiger partial charge in [-0.05, 0) is 149 Å². The molecule has 6 rings (SSSR count). The first kappa shape index (κ1) is 42.2. The van der Waals surface area contributed by atoms with E-state index in [0.717, 1.165) is 77.0 Å². The second-order valence-electron chi connectivity index (χ2n) is 22.2. The van der Waals surface area contributed by atoms with Gasteiger partial charge in [0.1, 0.15) is 6.10 Å². The van der Waals surface area contributed by atoms with Gasteiger partial charge in [-0.25, -0.2) is 0 Å². The molecule has 1 amide bonds. The topological polar surface area (TPSA) is 119 Å². The number of unbranched alkanes of at least 4 members (excludes halogenated alkanes) is 1. The predicted octanol–water partition coefficient (Wildman–Crippen LogP) is 9.93. The van der Waals surface area contributed by atoms with Gasteiger partial charge in [0.05, 0.1) is 29.8 Å². The van der Waals surface area contributed by atoms with Crippen molar-refractivity contribution in [2.75, 3.05) is 6.61 Å². The lowest BCUT2D eigenvalue weighted by Gasteiger charge is -2.73. The van der Waals surface area contributed by atoms with Crippen molar-refractivity contribution < 1.29 is 33.8 Å². The predicted molar refractivity (Wildman–Crippen MR) is 215 cm³/mol. The minimum atomic E-state index is -1.16. The Morgan fingerprint density at radius 1 is 0.836 bits per heavy atom. The molecule has 0 bridgehead atoms. The molecule has 0 aromatic heterocycles. The van der Waals surface area contributed by atoms with Gasteiger partial charge in [-0.3, -0.25) is 19.2 Å². The Labute approximate surface area is 332 Å². The van der Waals surface area contributed by atoms with E-state index in [-0.39, 0.29) is 69.4 Å². The Morgan fingerprint density at radius 3 is 2.15 bits per heavy atom. The van der Waals surface area contributed by atoms with E-state index in [2.05, 4.69) is 74.2 Å². The van der Waals surface area contributed by atoms with Gasteiger partial charge in [0.25, 0.3) is 0 Å². The van der Waals surface area contributed by atoms with Gasteiger partial charge in [-0.2, -0.15) is 0 Å². The first-order valence-electron chi connectivity index (χ1n) is 22.0. The van der Waals surface area contributed by atoms with Crippen LogP contribution in [0.2, 0.25) is 0 Å². The summed E-state index contributed by atoms with van der Waals surface area (Å²) in [7, 11) is 0. The number of nitrogens with one attached hydrogen (secondary N) is 1. The Kier molecular flexibility index (Phi) is 10.9. The quantitative estimate of drug-likeness (QED) is 0.122. The largest absolute Gasteiger partial charge is 0.481 e. The highest BCUT2D eigenvalue weighted by atomic mass is 16.5. The van der Waals surface area contributed by atoms with Crippen LogP contribution in [0.5, 0.6) is 0 Å². The van der Waals surface area contributed by atoms with Crippen molar-refractivity contribution >= 4 is 23.8 Å². The normalized spacial score (nSPS) is 42.6. The molecule has 0 radical (unpaired) electrons. The molecular formula is C47H75NO7. The molecular weight excluding hydrogens is 691 g/mol. The molecule has 6 saturated carbocycles. The molecule has 6 fully saturated rings. The maximum Gasteiger partial charge on any atom is 0.309 e. The van der Waals surface area contributed by atoms with Crippen LogP contribution in [0.4, 0.5) is 0 Å². The van der Waals surface area contributed by atoms with Crippen LogP contribution < -0.4 is 5.32 Å². The molecule has 12 atom stereocenters. The first-order valence-corrected chi connectivity index (χ1v) is 22.0. The third-order valence-corrected chi connectivity index (χ3v) is 18.5. The van der Waals surface area contributed by atoms with Crippen LogP contribution in [0.1, 0.15) is 166 Å². The SMILES string of the molecule is C=C(C)[C@@H]1CC[C@]2(C(=O)N[C@@H]3C[C@H](C(=O)OCCCC)C3(C)C)CC[C@]3(C)[C@H](CC[C@@H]4[C@@]5(C)CC[C@H](OC(=O)CC(C)(C)C(=O)O)C(C)(C)[C@@H]5CC[C@]43C)[C@@H]12. The van der Waals surface area contributed by atoms with Gasteiger partial charge in [-0.1, -0.05) is 74.0 Å². The standard InChI is InChI=1S/C47H75NO7/c1-13-14-25-54-38(50)31-26-34(42(31,6)7)48-39(51)47-22-17-29(28(2)3)37(47)30-15-16-33-44(10)20-19-35(55-36(49)27-41(4,5)40(52)53)43(8,9)32(44)18-21-46(33,12)45(30,11)23-24-47/h29-35,37H,2,13-27H2,1,3-12H3,(H,48,51)(H,52,53)/t29-,30+,31+,32-,33+,34+,35-,37+,44-,45+,46+,47-/m0/s1. The molecule has 6 aliphatic carbocycles. The summed E-state index contributed by atoms with van der Waals surface area (Å²) in [5.74, 6) is 0.429. The number of rotatable bonds is 11. The van der Waals surface area contributed by atoms with E-state index < -0.39 is 22.8 Å². The number of hydrogen-bond donors (Lipinski definition) is 2. The number of carbonyl (C=O) groups excluding carboxylic acids is 3. The summed E-state index contributed by atoms with van der Waals surface area (Å²) < 4.78 is 11.8. The fourth-order valence-corrected chi connectivity index (χ4v) is 14.6. The molecule has 0 heterocycles. The van der Waals surface area contributed by atoms with E-state index >= 15 is 0 Å². The summed E-state index contributed by atoms with van der Waals surface area (Å²) in [6, 6.07) is -0.0409. The number of amides is 1. The van der Waals surface area contributed by atoms with Crippen LogP contribution in [0.3, 0.4) is 0 Å². The fourth-order valence-electron chi connectivity index (χ4n) is 14.6. The molecule has 2 N–H and O–H groups in total. The third kappa shape index (κ3) is 6.43. The Bertz CT molecular complexity index is 1560. The van der Waals surface area contributed by atoms with Crippen molar-refractivity contribution in [3.63, 3.8) is 0 Å². The van der Waals surface area contributed by atoms with Crippen LogP contribution >= 0.6 is 0 Å². The number of aliphatic carboxylic acids is 1. The van der Waals surface area contributed by atoms with Gasteiger partial charge in [0.15, 0.2) is 0 Å². The molecule has 0 unspecified atom stereocenters. The van der Waals surface area contributed by atoms with Crippen LogP contribution in [-0.2, 0) is 28.7 Å².